The molecule has 0 aliphatic rings. The maximum Gasteiger partial charge on any atom is 0.256 e. The fourth-order valence-electron chi connectivity index (χ4n) is 2.98. The van der Waals surface area contributed by atoms with Gasteiger partial charge in [-0.2, -0.15) is 5.10 Å². The Morgan fingerprint density at radius 3 is 2.64 bits per heavy atom. The first kappa shape index (κ1) is 20.4. The van der Waals surface area contributed by atoms with Gasteiger partial charge in [-0.05, 0) is 53.0 Å². The van der Waals surface area contributed by atoms with Gasteiger partial charge in [-0.15, -0.1) is 0 Å². The molecular formula is C21H21BrClN3O2. The Balaban J connectivity index is 1.78. The molecule has 1 heterocycles. The molecule has 1 atom stereocenters. The van der Waals surface area contributed by atoms with E-state index in [4.69, 9.17) is 16.3 Å². The van der Waals surface area contributed by atoms with Crippen molar-refractivity contribution in [3.8, 4) is 5.75 Å². The number of nitrogens with one attached hydrogen (secondary N) is 1. The fraction of sp³-hybridized carbons (Fsp3) is 0.238. The van der Waals surface area contributed by atoms with Crippen molar-refractivity contribution in [2.24, 2.45) is 0 Å². The average molecular weight is 463 g/mol. The number of carbonyl (C=O) groups is 1. The van der Waals surface area contributed by atoms with Gasteiger partial charge in [0.1, 0.15) is 10.9 Å². The van der Waals surface area contributed by atoms with E-state index in [9.17, 15) is 4.79 Å². The molecule has 0 bridgehead atoms. The molecule has 1 unspecified atom stereocenters. The first-order chi connectivity index (χ1) is 13.4. The summed E-state index contributed by atoms with van der Waals surface area (Å²) < 4.78 is 7.73. The van der Waals surface area contributed by atoms with Crippen molar-refractivity contribution in [1.82, 2.24) is 15.1 Å². The predicted octanol–water partition coefficient (Wildman–Crippen LogP) is 5.16. The molecule has 5 nitrogen and oxygen atoms in total. The molecule has 1 aromatic heterocycles. The highest BCUT2D eigenvalue weighted by molar-refractivity contribution is 9.10. The Bertz CT molecular complexity index is 989. The molecule has 1 N–H and O–H groups in total. The molecule has 0 aliphatic heterocycles. The summed E-state index contributed by atoms with van der Waals surface area (Å²) in [5, 5.41) is 7.78. The lowest BCUT2D eigenvalue weighted by molar-refractivity contribution is 0.0939. The Morgan fingerprint density at radius 1 is 1.29 bits per heavy atom. The number of carbonyl (C=O) groups excluding carboxylic acids is 1. The third-order valence-electron chi connectivity index (χ3n) is 4.49. The number of methoxy groups -OCH3 is 1. The highest BCUT2D eigenvalue weighted by Crippen LogP contribution is 2.28. The molecule has 146 valence electrons. The summed E-state index contributed by atoms with van der Waals surface area (Å²) >= 11 is 9.96. The summed E-state index contributed by atoms with van der Waals surface area (Å²) in [7, 11) is 1.61. The second-order valence-electron chi connectivity index (χ2n) is 6.48. The quantitative estimate of drug-likeness (QED) is 0.551. The SMILES string of the molecule is COc1ccc(C(C)NC(=O)c2c(C)nn(Cc3ccccc3)c2Cl)cc1Br. The maximum absolute atomic E-state index is 12.9. The molecule has 0 aliphatic carbocycles. The third-order valence-corrected chi connectivity index (χ3v) is 5.49. The second-order valence-corrected chi connectivity index (χ2v) is 7.70. The Labute approximate surface area is 177 Å². The van der Waals surface area contributed by atoms with E-state index < -0.39 is 0 Å². The van der Waals surface area contributed by atoms with Crippen LogP contribution < -0.4 is 10.1 Å². The number of aryl methyl sites for hydroxylation is 1. The number of nitrogens with zero attached hydrogens (tertiary/aromatic N) is 2. The fourth-order valence-corrected chi connectivity index (χ4v) is 3.86. The average Bonchev–Trinajstić information content (AvgIpc) is 2.95. The van der Waals surface area contributed by atoms with Crippen LogP contribution in [0.4, 0.5) is 0 Å². The molecular weight excluding hydrogens is 442 g/mol. The molecule has 28 heavy (non-hydrogen) atoms. The minimum Gasteiger partial charge on any atom is -0.496 e. The van der Waals surface area contributed by atoms with Crippen molar-refractivity contribution in [1.29, 1.82) is 0 Å². The first-order valence-electron chi connectivity index (χ1n) is 8.81. The second kappa shape index (κ2) is 8.80. The number of hydrogen-bond acceptors (Lipinski definition) is 3. The van der Waals surface area contributed by atoms with E-state index in [1.54, 1.807) is 18.7 Å². The number of benzene rings is 2. The van der Waals surface area contributed by atoms with E-state index in [2.05, 4.69) is 26.3 Å². The molecule has 1 amide bonds. The van der Waals surface area contributed by atoms with Crippen molar-refractivity contribution in [2.75, 3.05) is 7.11 Å². The van der Waals surface area contributed by atoms with Gasteiger partial charge >= 0.3 is 0 Å². The van der Waals surface area contributed by atoms with Crippen LogP contribution in [0.25, 0.3) is 0 Å². The van der Waals surface area contributed by atoms with Gasteiger partial charge in [0, 0.05) is 0 Å². The van der Waals surface area contributed by atoms with E-state index in [0.29, 0.717) is 23.0 Å². The topological polar surface area (TPSA) is 56.1 Å². The van der Waals surface area contributed by atoms with Gasteiger partial charge < -0.3 is 10.1 Å². The smallest absolute Gasteiger partial charge is 0.256 e. The van der Waals surface area contributed by atoms with Gasteiger partial charge in [0.2, 0.25) is 0 Å². The van der Waals surface area contributed by atoms with Crippen molar-refractivity contribution in [3.05, 3.63) is 80.5 Å². The molecule has 2 aromatic carbocycles. The van der Waals surface area contributed by atoms with Crippen LogP contribution in [0.3, 0.4) is 0 Å². The normalized spacial score (nSPS) is 11.9. The van der Waals surface area contributed by atoms with Crippen LogP contribution in [0.15, 0.2) is 53.0 Å². The summed E-state index contributed by atoms with van der Waals surface area (Å²) in [5.41, 5.74) is 3.01. The van der Waals surface area contributed by atoms with E-state index in [1.807, 2.05) is 55.5 Å². The lowest BCUT2D eigenvalue weighted by atomic mass is 10.1. The number of aromatic nitrogens is 2. The molecule has 0 saturated carbocycles. The van der Waals surface area contributed by atoms with Crippen LogP contribution >= 0.6 is 27.5 Å². The van der Waals surface area contributed by atoms with E-state index >= 15 is 0 Å². The van der Waals surface area contributed by atoms with Crippen LogP contribution in [0, 0.1) is 6.92 Å². The minimum absolute atomic E-state index is 0.206. The Morgan fingerprint density at radius 2 is 2.00 bits per heavy atom. The van der Waals surface area contributed by atoms with Gasteiger partial charge in [0.25, 0.3) is 5.91 Å². The molecule has 0 fully saturated rings. The number of hydrogen-bond donors (Lipinski definition) is 1. The van der Waals surface area contributed by atoms with Crippen molar-refractivity contribution in [3.63, 3.8) is 0 Å². The predicted molar refractivity (Wildman–Crippen MR) is 114 cm³/mol. The number of amides is 1. The van der Waals surface area contributed by atoms with Crippen LogP contribution in [0.1, 0.15) is 40.1 Å². The van der Waals surface area contributed by atoms with Gasteiger partial charge in [-0.3, -0.25) is 4.79 Å². The monoisotopic (exact) mass is 461 g/mol. The standard InChI is InChI=1S/C21H21BrClN3O2/c1-13(16-9-10-18(28-3)17(22)11-16)24-21(27)19-14(2)25-26(20(19)23)12-15-7-5-4-6-8-15/h4-11,13H,12H2,1-3H3,(H,24,27). The number of halogens is 2. The first-order valence-corrected chi connectivity index (χ1v) is 9.99. The van der Waals surface area contributed by atoms with Gasteiger partial charge in [0.05, 0.1) is 35.4 Å². The lowest BCUT2D eigenvalue weighted by Gasteiger charge is -2.15. The van der Waals surface area contributed by atoms with Gasteiger partial charge in [0.15, 0.2) is 0 Å². The molecule has 7 heteroatoms. The van der Waals surface area contributed by atoms with E-state index in [0.717, 1.165) is 21.3 Å². The zero-order chi connectivity index (χ0) is 20.3. The minimum atomic E-state index is -0.249. The third kappa shape index (κ3) is 4.39. The number of ether oxygens (including phenoxy) is 1. The van der Waals surface area contributed by atoms with E-state index in [1.165, 1.54) is 0 Å². The highest BCUT2D eigenvalue weighted by Gasteiger charge is 2.22. The summed E-state index contributed by atoms with van der Waals surface area (Å²) in [4.78, 5) is 12.9. The molecule has 3 aromatic rings. The van der Waals surface area contributed by atoms with Gasteiger partial charge in [-0.25, -0.2) is 4.68 Å². The van der Waals surface area contributed by atoms with Gasteiger partial charge in [-0.1, -0.05) is 48.0 Å². The van der Waals surface area contributed by atoms with Crippen LogP contribution in [0.2, 0.25) is 5.15 Å². The Hall–Kier alpha value is -2.31. The summed E-state index contributed by atoms with van der Waals surface area (Å²) in [6.45, 7) is 4.22. The van der Waals surface area contributed by atoms with Crippen molar-refractivity contribution >= 4 is 33.4 Å². The van der Waals surface area contributed by atoms with Crippen molar-refractivity contribution < 1.29 is 9.53 Å². The zero-order valence-corrected chi connectivity index (χ0v) is 18.2. The van der Waals surface area contributed by atoms with E-state index in [-0.39, 0.29) is 11.9 Å². The highest BCUT2D eigenvalue weighted by atomic mass is 79.9. The lowest BCUT2D eigenvalue weighted by Crippen LogP contribution is -2.27. The van der Waals surface area contributed by atoms with Crippen LogP contribution in [-0.2, 0) is 6.54 Å². The largest absolute Gasteiger partial charge is 0.496 e. The van der Waals surface area contributed by atoms with Crippen LogP contribution in [0.5, 0.6) is 5.75 Å². The number of rotatable bonds is 6. The molecule has 0 spiro atoms. The van der Waals surface area contributed by atoms with Crippen LogP contribution in [-0.4, -0.2) is 22.8 Å². The summed E-state index contributed by atoms with van der Waals surface area (Å²) in [5.74, 6) is 0.490. The molecule has 0 radical (unpaired) electrons. The molecule has 0 saturated heterocycles. The maximum atomic E-state index is 12.9. The summed E-state index contributed by atoms with van der Waals surface area (Å²) in [6, 6.07) is 15.4. The zero-order valence-electron chi connectivity index (χ0n) is 15.9. The van der Waals surface area contributed by atoms with Crippen molar-refractivity contribution in [2.45, 2.75) is 26.4 Å². The summed E-state index contributed by atoms with van der Waals surface area (Å²) in [6.07, 6.45) is 0. The Kier molecular flexibility index (Phi) is 6.42. The molecule has 3 rings (SSSR count).